The van der Waals surface area contributed by atoms with Gasteiger partial charge in [0, 0.05) is 13.0 Å². The lowest BCUT2D eigenvalue weighted by Gasteiger charge is -2.08. The smallest absolute Gasteiger partial charge is 0.261 e. The highest BCUT2D eigenvalue weighted by atomic mass is 19.3. The fraction of sp³-hybridized carbons (Fsp3) is 0.909. The molecular formula is C11H20F2N2O2. The van der Waals surface area contributed by atoms with Crippen LogP contribution < -0.4 is 10.6 Å². The quantitative estimate of drug-likeness (QED) is 0.626. The van der Waals surface area contributed by atoms with E-state index in [0.29, 0.717) is 18.9 Å². The van der Waals surface area contributed by atoms with Crippen molar-refractivity contribution in [1.29, 1.82) is 0 Å². The summed E-state index contributed by atoms with van der Waals surface area (Å²) in [7, 11) is 0. The lowest BCUT2D eigenvalue weighted by atomic mass is 10.0. The summed E-state index contributed by atoms with van der Waals surface area (Å²) in [4.78, 5) is 11.4. The number of alkyl halides is 2. The van der Waals surface area contributed by atoms with Gasteiger partial charge in [-0.1, -0.05) is 0 Å². The molecule has 0 aromatic carbocycles. The van der Waals surface area contributed by atoms with Gasteiger partial charge in [0.1, 0.15) is 6.61 Å². The van der Waals surface area contributed by atoms with Gasteiger partial charge >= 0.3 is 0 Å². The van der Waals surface area contributed by atoms with Gasteiger partial charge in [-0.3, -0.25) is 4.79 Å². The molecule has 1 fully saturated rings. The van der Waals surface area contributed by atoms with E-state index in [0.717, 1.165) is 25.9 Å². The average Bonchev–Trinajstić information content (AvgIpc) is 2.78. The maximum absolute atomic E-state index is 11.7. The van der Waals surface area contributed by atoms with Crippen LogP contribution in [-0.2, 0) is 9.53 Å². The summed E-state index contributed by atoms with van der Waals surface area (Å²) in [5, 5.41) is 5.89. The van der Waals surface area contributed by atoms with Crippen molar-refractivity contribution >= 4 is 5.91 Å². The molecule has 0 aromatic heterocycles. The molecule has 0 saturated carbocycles. The topological polar surface area (TPSA) is 50.4 Å². The predicted octanol–water partition coefficient (Wildman–Crippen LogP) is 0.774. The maximum atomic E-state index is 11.7. The Balaban J connectivity index is 1.90. The van der Waals surface area contributed by atoms with Crippen LogP contribution in [0.4, 0.5) is 8.78 Å². The van der Waals surface area contributed by atoms with Gasteiger partial charge in [-0.2, -0.15) is 0 Å². The first-order valence-electron chi connectivity index (χ1n) is 6.02. The molecule has 2 N–H and O–H groups in total. The Morgan fingerprint density at radius 2 is 2.35 bits per heavy atom. The van der Waals surface area contributed by atoms with E-state index in [-0.39, 0.29) is 12.5 Å². The summed E-state index contributed by atoms with van der Waals surface area (Å²) in [5.41, 5.74) is 0. The second-order valence-electron chi connectivity index (χ2n) is 4.21. The molecular weight excluding hydrogens is 230 g/mol. The van der Waals surface area contributed by atoms with Gasteiger partial charge in [-0.15, -0.1) is 0 Å². The van der Waals surface area contributed by atoms with Crippen LogP contribution in [0.15, 0.2) is 0 Å². The van der Waals surface area contributed by atoms with E-state index in [4.69, 9.17) is 0 Å². The lowest BCUT2D eigenvalue weighted by molar-refractivity contribution is -0.121. The Kier molecular flexibility index (Phi) is 7.04. The molecule has 0 bridgehead atoms. The maximum Gasteiger partial charge on any atom is 0.261 e. The van der Waals surface area contributed by atoms with Crippen molar-refractivity contribution in [2.45, 2.75) is 25.7 Å². The number of carbonyl (C=O) groups is 1. The van der Waals surface area contributed by atoms with Gasteiger partial charge in [0.15, 0.2) is 0 Å². The molecule has 4 nitrogen and oxygen atoms in total. The molecule has 1 unspecified atom stereocenters. The van der Waals surface area contributed by atoms with Crippen molar-refractivity contribution in [2.24, 2.45) is 5.92 Å². The largest absolute Gasteiger partial charge is 0.374 e. The molecule has 1 aliphatic rings. The zero-order valence-corrected chi connectivity index (χ0v) is 9.88. The van der Waals surface area contributed by atoms with E-state index in [2.05, 4.69) is 15.4 Å². The Labute approximate surface area is 100 Å². The normalized spacial score (nSPS) is 19.8. The van der Waals surface area contributed by atoms with E-state index in [1.54, 1.807) is 0 Å². The van der Waals surface area contributed by atoms with Crippen LogP contribution in [0.3, 0.4) is 0 Å². The van der Waals surface area contributed by atoms with Crippen molar-refractivity contribution in [3.8, 4) is 0 Å². The highest BCUT2D eigenvalue weighted by Crippen LogP contribution is 2.13. The van der Waals surface area contributed by atoms with Gasteiger partial charge in [-0.05, 0) is 31.8 Å². The summed E-state index contributed by atoms with van der Waals surface area (Å²) >= 11 is 0. The van der Waals surface area contributed by atoms with Crippen LogP contribution in [0.2, 0.25) is 0 Å². The van der Waals surface area contributed by atoms with Gasteiger partial charge in [0.2, 0.25) is 5.91 Å². The lowest BCUT2D eigenvalue weighted by Crippen LogP contribution is -2.28. The summed E-state index contributed by atoms with van der Waals surface area (Å²) in [6.07, 6.45) is 0.0726. The van der Waals surface area contributed by atoms with Crippen LogP contribution in [0.25, 0.3) is 0 Å². The predicted molar refractivity (Wildman–Crippen MR) is 60.0 cm³/mol. The van der Waals surface area contributed by atoms with Crippen LogP contribution >= 0.6 is 0 Å². The second kappa shape index (κ2) is 8.36. The number of carbonyl (C=O) groups excluding carboxylic acids is 1. The number of halogens is 2. The molecule has 100 valence electrons. The van der Waals surface area contributed by atoms with Crippen molar-refractivity contribution in [3.05, 3.63) is 0 Å². The molecule has 6 heteroatoms. The van der Waals surface area contributed by atoms with Crippen molar-refractivity contribution in [1.82, 2.24) is 10.6 Å². The first kappa shape index (κ1) is 14.3. The molecule has 1 amide bonds. The second-order valence-corrected chi connectivity index (χ2v) is 4.21. The molecule has 1 heterocycles. The van der Waals surface area contributed by atoms with Crippen molar-refractivity contribution < 1.29 is 18.3 Å². The molecule has 0 spiro atoms. The Hall–Kier alpha value is -0.750. The summed E-state index contributed by atoms with van der Waals surface area (Å²) in [6.45, 7) is 1.90. The zero-order valence-electron chi connectivity index (χ0n) is 9.88. The summed E-state index contributed by atoms with van der Waals surface area (Å²) < 4.78 is 28.0. The molecule has 0 radical (unpaired) electrons. The third kappa shape index (κ3) is 7.23. The van der Waals surface area contributed by atoms with Crippen molar-refractivity contribution in [2.75, 3.05) is 32.8 Å². The zero-order chi connectivity index (χ0) is 12.5. The van der Waals surface area contributed by atoms with Gasteiger partial charge in [-0.25, -0.2) is 8.78 Å². The van der Waals surface area contributed by atoms with Gasteiger partial charge < -0.3 is 15.4 Å². The number of hydrogen-bond acceptors (Lipinski definition) is 3. The minimum atomic E-state index is -2.44. The Morgan fingerprint density at radius 1 is 1.53 bits per heavy atom. The monoisotopic (exact) mass is 250 g/mol. The average molecular weight is 250 g/mol. The summed E-state index contributed by atoms with van der Waals surface area (Å²) in [6, 6.07) is 0. The van der Waals surface area contributed by atoms with Crippen LogP contribution in [0.1, 0.15) is 19.3 Å². The van der Waals surface area contributed by atoms with E-state index in [1.165, 1.54) is 0 Å². The Morgan fingerprint density at radius 3 is 3.00 bits per heavy atom. The number of amides is 1. The molecule has 1 rings (SSSR count). The van der Waals surface area contributed by atoms with Gasteiger partial charge in [0.25, 0.3) is 6.43 Å². The van der Waals surface area contributed by atoms with E-state index in [1.807, 2.05) is 0 Å². The molecule has 0 aromatic rings. The molecule has 1 aliphatic heterocycles. The van der Waals surface area contributed by atoms with E-state index >= 15 is 0 Å². The fourth-order valence-electron chi connectivity index (χ4n) is 1.82. The standard InChI is InChI=1S/C11H20F2N2O2/c12-10(13)8-17-6-5-15-11(16)2-1-9-3-4-14-7-9/h9-10,14H,1-8H2,(H,15,16). The number of hydrogen-bond donors (Lipinski definition) is 2. The first-order chi connectivity index (χ1) is 8.18. The summed E-state index contributed by atoms with van der Waals surface area (Å²) in [5.74, 6) is 0.563. The number of rotatable bonds is 8. The minimum Gasteiger partial charge on any atom is -0.374 e. The fourth-order valence-corrected chi connectivity index (χ4v) is 1.82. The van der Waals surface area contributed by atoms with Crippen LogP contribution in [-0.4, -0.2) is 45.2 Å². The number of nitrogens with one attached hydrogen (secondary N) is 2. The molecule has 1 atom stereocenters. The minimum absolute atomic E-state index is 0.0300. The van der Waals surface area contributed by atoms with E-state index < -0.39 is 13.0 Å². The molecule has 0 aliphatic carbocycles. The third-order valence-corrected chi connectivity index (χ3v) is 2.75. The van der Waals surface area contributed by atoms with Crippen LogP contribution in [0, 0.1) is 5.92 Å². The Bertz CT molecular complexity index is 222. The van der Waals surface area contributed by atoms with Crippen molar-refractivity contribution in [3.63, 3.8) is 0 Å². The number of ether oxygens (including phenoxy) is 1. The SMILES string of the molecule is O=C(CCC1CCNC1)NCCOCC(F)F. The molecule has 1 saturated heterocycles. The molecule has 17 heavy (non-hydrogen) atoms. The van der Waals surface area contributed by atoms with Gasteiger partial charge in [0.05, 0.1) is 6.61 Å². The third-order valence-electron chi connectivity index (χ3n) is 2.75. The van der Waals surface area contributed by atoms with E-state index in [9.17, 15) is 13.6 Å². The highest BCUT2D eigenvalue weighted by molar-refractivity contribution is 5.75. The van der Waals surface area contributed by atoms with Crippen LogP contribution in [0.5, 0.6) is 0 Å². The first-order valence-corrected chi connectivity index (χ1v) is 6.02. The highest BCUT2D eigenvalue weighted by Gasteiger charge is 2.15.